The molecule has 0 saturated carbocycles. The molecule has 0 aliphatic carbocycles. The molecule has 0 N–H and O–H groups in total. The minimum atomic E-state index is -0.369. The number of rotatable bonds is 2. The van der Waals surface area contributed by atoms with Crippen molar-refractivity contribution in [3.63, 3.8) is 0 Å². The van der Waals surface area contributed by atoms with Crippen LogP contribution in [0.2, 0.25) is 0 Å². The molecule has 7 nitrogen and oxygen atoms in total. The molecule has 0 amide bonds. The topological polar surface area (TPSA) is 66.9 Å². The molecule has 30 heavy (non-hydrogen) atoms. The Hall–Kier alpha value is -3.19. The van der Waals surface area contributed by atoms with Crippen LogP contribution in [0.15, 0.2) is 45.9 Å². The first-order valence-corrected chi connectivity index (χ1v) is 10.2. The van der Waals surface area contributed by atoms with E-state index in [1.807, 2.05) is 48.8 Å². The fraction of sp³-hybridized carbons (Fsp3) is 0.348. The van der Waals surface area contributed by atoms with Crippen molar-refractivity contribution in [1.82, 2.24) is 19.3 Å². The van der Waals surface area contributed by atoms with Gasteiger partial charge in [0.2, 0.25) is 0 Å². The van der Waals surface area contributed by atoms with Gasteiger partial charge in [0, 0.05) is 61.1 Å². The van der Waals surface area contributed by atoms with E-state index in [0.717, 1.165) is 41.2 Å². The molecule has 2 aliphatic heterocycles. The maximum Gasteiger partial charge on any atom is 0.345 e. The molecule has 152 valence electrons. The highest BCUT2D eigenvalue weighted by Gasteiger charge is 2.50. The molecule has 7 heteroatoms. The van der Waals surface area contributed by atoms with Crippen LogP contribution in [0.5, 0.6) is 0 Å². The van der Waals surface area contributed by atoms with E-state index in [1.165, 1.54) is 13.1 Å². The van der Waals surface area contributed by atoms with E-state index in [2.05, 4.69) is 32.9 Å². The van der Waals surface area contributed by atoms with E-state index in [0.29, 0.717) is 22.3 Å². The van der Waals surface area contributed by atoms with Crippen LogP contribution in [-0.2, 0) is 0 Å². The monoisotopic (exact) mass is 401 g/mol. The molecule has 0 bridgehead atoms. The number of anilines is 1. The van der Waals surface area contributed by atoms with Crippen molar-refractivity contribution in [2.45, 2.75) is 13.8 Å². The van der Waals surface area contributed by atoms with Gasteiger partial charge in [0.05, 0.1) is 22.6 Å². The van der Waals surface area contributed by atoms with Crippen molar-refractivity contribution < 1.29 is 4.42 Å². The van der Waals surface area contributed by atoms with Gasteiger partial charge in [-0.05, 0) is 39.1 Å². The highest BCUT2D eigenvalue weighted by molar-refractivity contribution is 5.84. The van der Waals surface area contributed by atoms with Gasteiger partial charge in [0.1, 0.15) is 5.58 Å². The molecule has 0 radical (unpaired) electrons. The second-order valence-electron chi connectivity index (χ2n) is 9.02. The molecule has 2 fully saturated rings. The number of nitrogens with zero attached hydrogens (tertiary/aromatic N) is 5. The summed E-state index contributed by atoms with van der Waals surface area (Å²) in [6.45, 7) is 8.34. The Morgan fingerprint density at radius 1 is 1.03 bits per heavy atom. The molecule has 1 aromatic carbocycles. The van der Waals surface area contributed by atoms with Crippen LogP contribution in [0.25, 0.3) is 27.9 Å². The van der Waals surface area contributed by atoms with Crippen LogP contribution in [0.1, 0.15) is 11.4 Å². The van der Waals surface area contributed by atoms with Crippen molar-refractivity contribution in [3.8, 4) is 11.3 Å². The smallest absolute Gasteiger partial charge is 0.345 e. The third-order valence-corrected chi connectivity index (χ3v) is 6.35. The van der Waals surface area contributed by atoms with E-state index >= 15 is 0 Å². The number of hydrogen-bond acceptors (Lipinski definition) is 6. The number of likely N-dealkylation sites (tertiary alicyclic amines) is 1. The molecule has 4 aromatic rings. The molecule has 3 aromatic heterocycles. The maximum atomic E-state index is 12.8. The summed E-state index contributed by atoms with van der Waals surface area (Å²) in [7, 11) is 2.16. The fourth-order valence-electron chi connectivity index (χ4n) is 5.15. The molecule has 2 saturated heterocycles. The molecule has 2 aliphatic rings. The Kier molecular flexibility index (Phi) is 3.48. The van der Waals surface area contributed by atoms with Crippen molar-refractivity contribution in [2.75, 3.05) is 38.1 Å². The van der Waals surface area contributed by atoms with E-state index in [1.54, 1.807) is 0 Å². The van der Waals surface area contributed by atoms with Crippen molar-refractivity contribution >= 4 is 22.3 Å². The Bertz CT molecular complexity index is 1370. The van der Waals surface area contributed by atoms with Crippen molar-refractivity contribution in [3.05, 3.63) is 58.5 Å². The lowest BCUT2D eigenvalue weighted by molar-refractivity contribution is -0.00238. The van der Waals surface area contributed by atoms with Gasteiger partial charge in [-0.3, -0.25) is 4.98 Å². The highest BCUT2D eigenvalue weighted by atomic mass is 16.4. The van der Waals surface area contributed by atoms with Gasteiger partial charge >= 0.3 is 5.63 Å². The number of hydrogen-bond donors (Lipinski definition) is 0. The number of fused-ring (bicyclic) bond motifs is 2. The second-order valence-corrected chi connectivity index (χ2v) is 9.02. The maximum absolute atomic E-state index is 12.8. The molecular formula is C23H23N5O2. The fourth-order valence-corrected chi connectivity index (χ4v) is 5.15. The summed E-state index contributed by atoms with van der Waals surface area (Å²) in [6.07, 6.45) is 3.77. The van der Waals surface area contributed by atoms with Gasteiger partial charge in [0.15, 0.2) is 5.65 Å². The Morgan fingerprint density at radius 2 is 1.83 bits per heavy atom. The number of imidazole rings is 1. The highest BCUT2D eigenvalue weighted by Crippen LogP contribution is 2.41. The lowest BCUT2D eigenvalue weighted by atomic mass is 9.73. The van der Waals surface area contributed by atoms with Crippen LogP contribution in [-0.4, -0.2) is 52.5 Å². The predicted molar refractivity (Wildman–Crippen MR) is 116 cm³/mol. The largest absolute Gasteiger partial charge is 0.422 e. The van der Waals surface area contributed by atoms with Gasteiger partial charge in [-0.25, -0.2) is 9.78 Å². The summed E-state index contributed by atoms with van der Waals surface area (Å²) < 4.78 is 7.62. The number of aryl methyl sites for hydroxylation is 2. The first-order chi connectivity index (χ1) is 14.4. The lowest BCUT2D eigenvalue weighted by Crippen LogP contribution is -2.71. The number of aromatic nitrogens is 3. The van der Waals surface area contributed by atoms with Crippen LogP contribution >= 0.6 is 0 Å². The van der Waals surface area contributed by atoms with Crippen LogP contribution in [0.4, 0.5) is 5.69 Å². The van der Waals surface area contributed by atoms with Crippen LogP contribution in [0.3, 0.4) is 0 Å². The minimum Gasteiger partial charge on any atom is -0.422 e. The molecule has 6 rings (SSSR count). The number of benzene rings is 1. The third kappa shape index (κ3) is 2.58. The predicted octanol–water partition coefficient (Wildman–Crippen LogP) is 2.87. The summed E-state index contributed by atoms with van der Waals surface area (Å²) in [5, 5.41) is 0.898. The van der Waals surface area contributed by atoms with E-state index in [4.69, 9.17) is 4.42 Å². The second kappa shape index (κ2) is 5.92. The zero-order chi connectivity index (χ0) is 20.6. The molecule has 0 atom stereocenters. The summed E-state index contributed by atoms with van der Waals surface area (Å²) >= 11 is 0. The van der Waals surface area contributed by atoms with Crippen molar-refractivity contribution in [1.29, 1.82) is 0 Å². The third-order valence-electron chi connectivity index (χ3n) is 6.35. The first kappa shape index (κ1) is 17.7. The molecular weight excluding hydrogens is 378 g/mol. The lowest BCUT2D eigenvalue weighted by Gasteiger charge is -2.60. The molecule has 5 heterocycles. The SMILES string of the molecule is Cc1cn2cc(-c3cc4ccc(N5CC6(CN(C)C6)C5)cc4oc3=O)nc2c(C)n1. The van der Waals surface area contributed by atoms with Crippen molar-refractivity contribution in [2.24, 2.45) is 5.41 Å². The first-order valence-electron chi connectivity index (χ1n) is 10.2. The van der Waals surface area contributed by atoms with E-state index < -0.39 is 0 Å². The van der Waals surface area contributed by atoms with Crippen LogP contribution < -0.4 is 10.5 Å². The summed E-state index contributed by atoms with van der Waals surface area (Å²) in [6, 6.07) is 8.00. The van der Waals surface area contributed by atoms with Crippen LogP contribution in [0, 0.1) is 19.3 Å². The van der Waals surface area contributed by atoms with Gasteiger partial charge in [-0.1, -0.05) is 0 Å². The zero-order valence-corrected chi connectivity index (χ0v) is 17.3. The van der Waals surface area contributed by atoms with Gasteiger partial charge in [0.25, 0.3) is 0 Å². The Labute approximate surface area is 173 Å². The van der Waals surface area contributed by atoms with Gasteiger partial charge < -0.3 is 18.6 Å². The quantitative estimate of drug-likeness (QED) is 0.481. The molecule has 1 spiro atoms. The average Bonchev–Trinajstić information content (AvgIpc) is 3.06. The van der Waals surface area contributed by atoms with Gasteiger partial charge in [-0.2, -0.15) is 0 Å². The average molecular weight is 401 g/mol. The minimum absolute atomic E-state index is 0.369. The summed E-state index contributed by atoms with van der Waals surface area (Å²) in [5.74, 6) is 0. The van der Waals surface area contributed by atoms with E-state index in [9.17, 15) is 4.79 Å². The Morgan fingerprint density at radius 3 is 2.60 bits per heavy atom. The van der Waals surface area contributed by atoms with Gasteiger partial charge in [-0.15, -0.1) is 0 Å². The molecule has 0 unspecified atom stereocenters. The summed E-state index contributed by atoms with van der Waals surface area (Å²) in [4.78, 5) is 26.6. The van der Waals surface area contributed by atoms with E-state index in [-0.39, 0.29) is 5.63 Å². The summed E-state index contributed by atoms with van der Waals surface area (Å²) in [5.41, 5.74) is 5.38. The zero-order valence-electron chi connectivity index (χ0n) is 17.3. The normalized spacial score (nSPS) is 18.2. The standard InChI is InChI=1S/C23H23N5O2/c1-14-8-27-9-19(25-21(27)15(2)24-14)18-6-16-4-5-17(7-20(16)30-22(18)29)28-12-23(13-28)10-26(3)11-23/h4-9H,10-13H2,1-3H3. The Balaban J connectivity index is 1.36.